The molecule has 0 spiro atoms. The van der Waals surface area contributed by atoms with Crippen LogP contribution in [0.1, 0.15) is 106 Å². The lowest BCUT2D eigenvalue weighted by Crippen LogP contribution is -2.38. The van der Waals surface area contributed by atoms with Gasteiger partial charge in [0.15, 0.2) is 0 Å². The standard InChI is InChI=1S/C32H39N5O3/c1-20(2)37-31(40)17-30(36-37)32(14-6-7-21(3)33)28-12-10-24(22(4)34-18-38)15-26(28)8-9-27-16-25(11-13-29(27)32)23(5)35-19-39/h10-13,15-16,20-23H,6-9,14,17,33H2,1-5H3/t21-,22?,23?,32?/m1/s1. The number of hydrazone groups is 1. The first-order valence-electron chi connectivity index (χ1n) is 14.2. The molecule has 2 N–H and O–H groups in total. The first kappa shape index (κ1) is 29.3. The van der Waals surface area contributed by atoms with E-state index in [0.717, 1.165) is 71.2 Å². The van der Waals surface area contributed by atoms with E-state index >= 15 is 0 Å². The average molecular weight is 542 g/mol. The van der Waals surface area contributed by atoms with Gasteiger partial charge in [-0.25, -0.2) is 14.6 Å². The third-order valence-electron chi connectivity index (χ3n) is 8.30. The van der Waals surface area contributed by atoms with Gasteiger partial charge in [-0.1, -0.05) is 42.8 Å². The third kappa shape index (κ3) is 5.62. The molecule has 8 nitrogen and oxygen atoms in total. The maximum absolute atomic E-state index is 13.2. The maximum atomic E-state index is 13.2. The Balaban J connectivity index is 2.01. The lowest BCUT2D eigenvalue weighted by molar-refractivity contribution is -0.130. The molecular formula is C32H39N5O3. The fourth-order valence-corrected chi connectivity index (χ4v) is 6.21. The molecule has 0 aromatic heterocycles. The van der Waals surface area contributed by atoms with Gasteiger partial charge in [0.05, 0.1) is 29.6 Å². The molecule has 2 aliphatic rings. The molecule has 0 radical (unpaired) electrons. The number of rotatable bonds is 10. The molecule has 1 aliphatic heterocycles. The molecule has 1 aliphatic carbocycles. The van der Waals surface area contributed by atoms with Crippen molar-refractivity contribution in [3.8, 4) is 0 Å². The number of nitrogens with zero attached hydrogens (tertiary/aromatic N) is 4. The molecule has 40 heavy (non-hydrogen) atoms. The van der Waals surface area contributed by atoms with Crippen molar-refractivity contribution in [1.82, 2.24) is 5.01 Å². The van der Waals surface area contributed by atoms with Crippen molar-refractivity contribution in [3.63, 3.8) is 0 Å². The summed E-state index contributed by atoms with van der Waals surface area (Å²) in [5.41, 5.74) is 12.9. The molecule has 2 aromatic carbocycles. The second kappa shape index (κ2) is 12.2. The van der Waals surface area contributed by atoms with E-state index < -0.39 is 5.41 Å². The number of amides is 1. The van der Waals surface area contributed by atoms with Gasteiger partial charge in [-0.2, -0.15) is 15.1 Å². The van der Waals surface area contributed by atoms with E-state index in [1.807, 2.05) is 46.8 Å². The number of fused-ring (bicyclic) bond motifs is 2. The predicted molar refractivity (Wildman–Crippen MR) is 156 cm³/mol. The van der Waals surface area contributed by atoms with Crippen molar-refractivity contribution in [2.75, 3.05) is 0 Å². The minimum absolute atomic E-state index is 0.0000370. The summed E-state index contributed by atoms with van der Waals surface area (Å²) in [4.78, 5) is 43.1. The van der Waals surface area contributed by atoms with Crippen molar-refractivity contribution < 1.29 is 14.4 Å². The Bertz CT molecular complexity index is 1320. The average Bonchev–Trinajstić information content (AvgIpc) is 3.26. The monoisotopic (exact) mass is 541 g/mol. The van der Waals surface area contributed by atoms with Gasteiger partial charge in [-0.3, -0.25) is 4.79 Å². The van der Waals surface area contributed by atoms with E-state index in [1.165, 1.54) is 0 Å². The van der Waals surface area contributed by atoms with Crippen molar-refractivity contribution in [1.29, 1.82) is 0 Å². The first-order valence-corrected chi connectivity index (χ1v) is 14.2. The number of benzene rings is 2. The fraction of sp³-hybridized carbons (Fsp3) is 0.500. The third-order valence-corrected chi connectivity index (χ3v) is 8.30. The number of hydrogen-bond donors (Lipinski definition) is 1. The zero-order valence-electron chi connectivity index (χ0n) is 24.1. The fourth-order valence-electron chi connectivity index (χ4n) is 6.21. The Labute approximate surface area is 236 Å². The van der Waals surface area contributed by atoms with Crippen molar-refractivity contribution >= 4 is 23.8 Å². The molecule has 210 valence electrons. The Morgan fingerprint density at radius 3 is 1.88 bits per heavy atom. The van der Waals surface area contributed by atoms with Crippen LogP contribution >= 0.6 is 0 Å². The lowest BCUT2D eigenvalue weighted by Gasteiger charge is -2.37. The Morgan fingerprint density at radius 1 is 0.925 bits per heavy atom. The summed E-state index contributed by atoms with van der Waals surface area (Å²) in [6.07, 6.45) is 7.60. The van der Waals surface area contributed by atoms with Crippen molar-refractivity contribution in [3.05, 3.63) is 69.8 Å². The molecule has 3 atom stereocenters. The van der Waals surface area contributed by atoms with Crippen LogP contribution in [0.3, 0.4) is 0 Å². The number of nitrogens with two attached hydrogens (primary N) is 1. The molecular weight excluding hydrogens is 502 g/mol. The molecule has 0 fully saturated rings. The van der Waals surface area contributed by atoms with Gasteiger partial charge in [-0.05, 0) is 93.7 Å². The zero-order chi connectivity index (χ0) is 29.0. The van der Waals surface area contributed by atoms with Crippen molar-refractivity contribution in [2.24, 2.45) is 20.8 Å². The summed E-state index contributed by atoms with van der Waals surface area (Å²) in [5, 5.41) is 6.61. The highest BCUT2D eigenvalue weighted by Gasteiger charge is 2.47. The second-order valence-corrected chi connectivity index (χ2v) is 11.5. The van der Waals surface area contributed by atoms with E-state index in [-0.39, 0.29) is 36.5 Å². The smallest absolute Gasteiger partial charge is 0.248 e. The molecule has 0 saturated carbocycles. The second-order valence-electron chi connectivity index (χ2n) is 11.5. The van der Waals surface area contributed by atoms with E-state index in [9.17, 15) is 14.4 Å². The highest BCUT2D eigenvalue weighted by atomic mass is 16.2. The largest absolute Gasteiger partial charge is 0.328 e. The molecule has 0 bridgehead atoms. The van der Waals surface area contributed by atoms with Crippen LogP contribution < -0.4 is 5.73 Å². The number of isocyanates is 2. The topological polar surface area (TPSA) is 118 Å². The van der Waals surface area contributed by atoms with Crippen LogP contribution in [0.15, 0.2) is 51.5 Å². The number of hydrogen-bond acceptors (Lipinski definition) is 7. The lowest BCUT2D eigenvalue weighted by atomic mass is 9.65. The molecule has 1 amide bonds. The summed E-state index contributed by atoms with van der Waals surface area (Å²) in [6.45, 7) is 9.74. The number of aliphatic imine (C=N–C) groups is 2. The first-order chi connectivity index (χ1) is 19.1. The van der Waals surface area contributed by atoms with Gasteiger partial charge in [0, 0.05) is 12.1 Å². The molecule has 1 heterocycles. The molecule has 2 unspecified atom stereocenters. The van der Waals surface area contributed by atoms with Crippen LogP contribution in [-0.2, 0) is 32.6 Å². The summed E-state index contributed by atoms with van der Waals surface area (Å²) < 4.78 is 0. The molecule has 4 rings (SSSR count). The van der Waals surface area contributed by atoms with Crippen LogP contribution in [0, 0.1) is 0 Å². The normalized spacial score (nSPS) is 20.4. The van der Waals surface area contributed by atoms with Crippen LogP contribution in [0.4, 0.5) is 0 Å². The van der Waals surface area contributed by atoms with Gasteiger partial charge in [0.1, 0.15) is 0 Å². The van der Waals surface area contributed by atoms with Crippen LogP contribution in [0.5, 0.6) is 0 Å². The Morgan fingerprint density at radius 2 is 1.45 bits per heavy atom. The summed E-state index contributed by atoms with van der Waals surface area (Å²) >= 11 is 0. The Kier molecular flexibility index (Phi) is 8.95. The minimum atomic E-state index is -0.638. The number of carbonyl (C=O) groups is 1. The van der Waals surface area contributed by atoms with Gasteiger partial charge < -0.3 is 5.73 Å². The predicted octanol–water partition coefficient (Wildman–Crippen LogP) is 5.38. The summed E-state index contributed by atoms with van der Waals surface area (Å²) in [6, 6.07) is 12.0. The van der Waals surface area contributed by atoms with Gasteiger partial charge >= 0.3 is 0 Å². The van der Waals surface area contributed by atoms with Crippen LogP contribution in [-0.4, -0.2) is 40.9 Å². The van der Waals surface area contributed by atoms with Gasteiger partial charge in [0.25, 0.3) is 0 Å². The van der Waals surface area contributed by atoms with E-state index in [4.69, 9.17) is 10.8 Å². The zero-order valence-corrected chi connectivity index (χ0v) is 24.1. The van der Waals surface area contributed by atoms with E-state index in [1.54, 1.807) is 17.2 Å². The maximum Gasteiger partial charge on any atom is 0.248 e. The van der Waals surface area contributed by atoms with Gasteiger partial charge in [0.2, 0.25) is 18.1 Å². The Hall–Kier alpha value is -3.70. The summed E-state index contributed by atoms with van der Waals surface area (Å²) in [5.74, 6) is 0.0000370. The quantitative estimate of drug-likeness (QED) is 0.321. The highest BCUT2D eigenvalue weighted by Crippen LogP contribution is 2.47. The van der Waals surface area contributed by atoms with Crippen LogP contribution in [0.25, 0.3) is 0 Å². The SMILES string of the molecule is CC(N=C=O)c1ccc2c(c1)CCc1cc(C(C)N=C=O)ccc1C2(CCC[C@@H](C)N)C1=NN(C(C)C)C(=O)C1. The number of carbonyl (C=O) groups excluding carboxylic acids is 3. The van der Waals surface area contributed by atoms with E-state index in [2.05, 4.69) is 34.3 Å². The van der Waals surface area contributed by atoms with Crippen LogP contribution in [0.2, 0.25) is 0 Å². The van der Waals surface area contributed by atoms with E-state index in [0.29, 0.717) is 0 Å². The molecule has 8 heteroatoms. The highest BCUT2D eigenvalue weighted by molar-refractivity contribution is 6.12. The molecule has 2 aromatic rings. The summed E-state index contributed by atoms with van der Waals surface area (Å²) in [7, 11) is 0. The molecule has 0 saturated heterocycles. The number of aryl methyl sites for hydroxylation is 2. The minimum Gasteiger partial charge on any atom is -0.328 e. The van der Waals surface area contributed by atoms with Crippen molar-refractivity contribution in [2.45, 2.75) is 103 Å². The van der Waals surface area contributed by atoms with Gasteiger partial charge in [-0.15, -0.1) is 0 Å².